The molecule has 0 bridgehead atoms. The second-order valence-electron chi connectivity index (χ2n) is 5.69. The Bertz CT molecular complexity index is 303. The van der Waals surface area contributed by atoms with Crippen molar-refractivity contribution in [1.82, 2.24) is 10.3 Å². The fourth-order valence-electron chi connectivity index (χ4n) is 3.88. The zero-order valence-corrected chi connectivity index (χ0v) is 11.7. The maximum atomic E-state index is 5.86. The fraction of sp³-hybridized carbons (Fsp3) is 0.867. The van der Waals surface area contributed by atoms with E-state index >= 15 is 0 Å². The van der Waals surface area contributed by atoms with Gasteiger partial charge in [0.1, 0.15) is 0 Å². The molecule has 3 nitrogen and oxygen atoms in total. The summed E-state index contributed by atoms with van der Waals surface area (Å²) in [6.07, 6.45) is 10.1. The number of rotatable bonds is 5. The Morgan fingerprint density at radius 2 is 1.89 bits per heavy atom. The number of nitrogens with zero attached hydrogens (tertiary/aromatic N) is 1. The summed E-state index contributed by atoms with van der Waals surface area (Å²) < 4.78 is 0. The Labute approximate surface area is 111 Å². The van der Waals surface area contributed by atoms with E-state index in [1.807, 2.05) is 6.92 Å². The lowest BCUT2D eigenvalue weighted by atomic mass is 9.84. The molecule has 0 aromatic carbocycles. The van der Waals surface area contributed by atoms with E-state index in [1.54, 1.807) is 0 Å². The summed E-state index contributed by atoms with van der Waals surface area (Å²) in [5.74, 6) is 12.0. The number of likely N-dealkylation sites (tertiary alicyclic amines) is 1. The second kappa shape index (κ2) is 6.56. The molecular formula is C15H27N3. The van der Waals surface area contributed by atoms with Gasteiger partial charge in [0.05, 0.1) is 0 Å². The largest absolute Gasteiger partial charge is 0.296 e. The topological polar surface area (TPSA) is 41.3 Å². The van der Waals surface area contributed by atoms with Crippen LogP contribution in [0.3, 0.4) is 0 Å². The molecule has 0 aromatic heterocycles. The first-order valence-electron chi connectivity index (χ1n) is 7.44. The lowest BCUT2D eigenvalue weighted by Crippen LogP contribution is -2.60. The van der Waals surface area contributed by atoms with Crippen LogP contribution in [0.5, 0.6) is 0 Å². The summed E-state index contributed by atoms with van der Waals surface area (Å²) in [7, 11) is 0. The first kappa shape index (κ1) is 13.9. The number of hydrogen-bond donors (Lipinski definition) is 2. The fourth-order valence-corrected chi connectivity index (χ4v) is 3.88. The molecule has 1 saturated carbocycles. The molecule has 1 unspecified atom stereocenters. The first-order chi connectivity index (χ1) is 8.83. The van der Waals surface area contributed by atoms with E-state index in [9.17, 15) is 0 Å². The molecular weight excluding hydrogens is 222 g/mol. The van der Waals surface area contributed by atoms with Crippen molar-refractivity contribution in [2.75, 3.05) is 13.1 Å². The Hall–Kier alpha value is -0.560. The van der Waals surface area contributed by atoms with Crippen LogP contribution in [-0.4, -0.2) is 29.6 Å². The van der Waals surface area contributed by atoms with E-state index in [-0.39, 0.29) is 0 Å². The van der Waals surface area contributed by atoms with Gasteiger partial charge in [-0.15, -0.1) is 11.8 Å². The highest BCUT2D eigenvalue weighted by Gasteiger charge is 2.45. The predicted molar refractivity (Wildman–Crippen MR) is 75.8 cm³/mol. The van der Waals surface area contributed by atoms with Gasteiger partial charge in [-0.1, -0.05) is 12.8 Å². The molecule has 0 spiro atoms. The van der Waals surface area contributed by atoms with E-state index in [4.69, 9.17) is 5.84 Å². The zero-order valence-electron chi connectivity index (χ0n) is 11.7. The lowest BCUT2D eigenvalue weighted by molar-refractivity contribution is 0.0736. The molecule has 1 atom stereocenters. The van der Waals surface area contributed by atoms with E-state index < -0.39 is 0 Å². The smallest absolute Gasteiger partial charge is 0.0403 e. The average molecular weight is 249 g/mol. The van der Waals surface area contributed by atoms with E-state index in [2.05, 4.69) is 22.2 Å². The molecule has 2 aliphatic rings. The maximum Gasteiger partial charge on any atom is 0.0403 e. The molecule has 18 heavy (non-hydrogen) atoms. The molecule has 2 fully saturated rings. The second-order valence-corrected chi connectivity index (χ2v) is 5.69. The minimum atomic E-state index is 0.320. The highest BCUT2D eigenvalue weighted by Crippen LogP contribution is 2.41. The summed E-state index contributed by atoms with van der Waals surface area (Å²) >= 11 is 0. The molecule has 1 saturated heterocycles. The van der Waals surface area contributed by atoms with Crippen molar-refractivity contribution in [3.05, 3.63) is 0 Å². The Morgan fingerprint density at radius 1 is 1.22 bits per heavy atom. The van der Waals surface area contributed by atoms with Gasteiger partial charge in [-0.05, 0) is 52.1 Å². The standard InChI is InChI=1S/C15H27N3/c1-2-3-4-9-14(17-16)15(10-5-6-11-15)18-12-7-8-13-18/h14,17H,4-13,16H2,1H3. The molecule has 2 rings (SSSR count). The van der Waals surface area contributed by atoms with Gasteiger partial charge in [-0.25, -0.2) is 0 Å². The molecule has 102 valence electrons. The minimum absolute atomic E-state index is 0.320. The van der Waals surface area contributed by atoms with Gasteiger partial charge in [0, 0.05) is 18.0 Å². The molecule has 1 aliphatic carbocycles. The normalized spacial score (nSPS) is 24.8. The van der Waals surface area contributed by atoms with E-state index in [1.165, 1.54) is 51.6 Å². The highest BCUT2D eigenvalue weighted by molar-refractivity contribution is 5.06. The lowest BCUT2D eigenvalue weighted by Gasteiger charge is -2.44. The van der Waals surface area contributed by atoms with Crippen LogP contribution in [0.2, 0.25) is 0 Å². The van der Waals surface area contributed by atoms with Gasteiger partial charge in [-0.2, -0.15) is 0 Å². The minimum Gasteiger partial charge on any atom is -0.296 e. The molecule has 1 aliphatic heterocycles. The van der Waals surface area contributed by atoms with Crippen LogP contribution in [0.4, 0.5) is 0 Å². The third-order valence-corrected chi connectivity index (χ3v) is 4.79. The first-order valence-corrected chi connectivity index (χ1v) is 7.44. The molecule has 3 N–H and O–H groups in total. The van der Waals surface area contributed by atoms with E-state index in [0.29, 0.717) is 11.6 Å². The SMILES string of the molecule is CC#CCCC(NN)C1(N2CCCC2)CCCC1. The van der Waals surface area contributed by atoms with Crippen molar-refractivity contribution in [3.63, 3.8) is 0 Å². The average Bonchev–Trinajstić information content (AvgIpc) is 3.05. The quantitative estimate of drug-likeness (QED) is 0.445. The van der Waals surface area contributed by atoms with Crippen molar-refractivity contribution >= 4 is 0 Å². The summed E-state index contributed by atoms with van der Waals surface area (Å²) in [6, 6.07) is 0.402. The monoisotopic (exact) mass is 249 g/mol. The number of hydrogen-bond acceptors (Lipinski definition) is 3. The maximum absolute atomic E-state index is 5.86. The summed E-state index contributed by atoms with van der Waals surface area (Å²) in [5.41, 5.74) is 3.43. The van der Waals surface area contributed by atoms with Crippen molar-refractivity contribution in [2.45, 2.75) is 69.9 Å². The van der Waals surface area contributed by atoms with Crippen LogP contribution < -0.4 is 11.3 Å². The predicted octanol–water partition coefficient (Wildman–Crippen LogP) is 2.03. The highest BCUT2D eigenvalue weighted by atomic mass is 15.3. The molecule has 0 amide bonds. The van der Waals surface area contributed by atoms with Gasteiger partial charge in [0.2, 0.25) is 0 Å². The summed E-state index contributed by atoms with van der Waals surface area (Å²) in [6.45, 7) is 4.44. The number of nitrogens with two attached hydrogens (primary N) is 1. The third kappa shape index (κ3) is 2.71. The number of hydrazine groups is 1. The van der Waals surface area contributed by atoms with Crippen LogP contribution in [0, 0.1) is 11.8 Å². The van der Waals surface area contributed by atoms with Crippen LogP contribution in [0.1, 0.15) is 58.3 Å². The van der Waals surface area contributed by atoms with Crippen molar-refractivity contribution in [3.8, 4) is 11.8 Å². The van der Waals surface area contributed by atoms with Crippen molar-refractivity contribution in [2.24, 2.45) is 5.84 Å². The van der Waals surface area contributed by atoms with Gasteiger partial charge < -0.3 is 0 Å². The van der Waals surface area contributed by atoms with Crippen LogP contribution in [-0.2, 0) is 0 Å². The van der Waals surface area contributed by atoms with Gasteiger partial charge in [-0.3, -0.25) is 16.2 Å². The molecule has 3 heteroatoms. The Balaban J connectivity index is 2.07. The molecule has 0 aromatic rings. The molecule has 1 heterocycles. The van der Waals surface area contributed by atoms with Crippen LogP contribution >= 0.6 is 0 Å². The Kier molecular flexibility index (Phi) is 5.05. The van der Waals surface area contributed by atoms with Crippen molar-refractivity contribution in [1.29, 1.82) is 0 Å². The van der Waals surface area contributed by atoms with E-state index in [0.717, 1.165) is 12.8 Å². The van der Waals surface area contributed by atoms with Crippen LogP contribution in [0.25, 0.3) is 0 Å². The van der Waals surface area contributed by atoms with Gasteiger partial charge >= 0.3 is 0 Å². The van der Waals surface area contributed by atoms with Crippen LogP contribution in [0.15, 0.2) is 0 Å². The summed E-state index contributed by atoms with van der Waals surface area (Å²) in [5, 5.41) is 0. The van der Waals surface area contributed by atoms with Gasteiger partial charge in [0.25, 0.3) is 0 Å². The zero-order chi connectivity index (χ0) is 12.8. The summed E-state index contributed by atoms with van der Waals surface area (Å²) in [4.78, 5) is 2.71. The number of nitrogens with one attached hydrogen (secondary N) is 1. The Morgan fingerprint density at radius 3 is 2.44 bits per heavy atom. The molecule has 0 radical (unpaired) electrons. The van der Waals surface area contributed by atoms with Gasteiger partial charge in [0.15, 0.2) is 0 Å². The van der Waals surface area contributed by atoms with Crippen molar-refractivity contribution < 1.29 is 0 Å². The third-order valence-electron chi connectivity index (χ3n) is 4.79.